The van der Waals surface area contributed by atoms with Crippen molar-refractivity contribution in [1.29, 1.82) is 0 Å². The van der Waals surface area contributed by atoms with Crippen LogP contribution in [0.4, 0.5) is 0 Å². The van der Waals surface area contributed by atoms with Crippen molar-refractivity contribution in [2.75, 3.05) is 14.2 Å². The van der Waals surface area contributed by atoms with E-state index in [0.29, 0.717) is 5.92 Å². The molecule has 0 bridgehead atoms. The second kappa shape index (κ2) is 5.35. The van der Waals surface area contributed by atoms with Crippen LogP contribution in [0.25, 0.3) is 11.0 Å². The Kier molecular flexibility index (Phi) is 3.55. The van der Waals surface area contributed by atoms with Crippen molar-refractivity contribution in [1.82, 2.24) is 9.97 Å². The molecule has 0 amide bonds. The molecule has 1 N–H and O–H groups in total. The molecule has 4 nitrogen and oxygen atoms in total. The first-order chi connectivity index (χ1) is 9.71. The Morgan fingerprint density at radius 3 is 2.35 bits per heavy atom. The standard InChI is InChI=1S/C16H22N2O2/c1-10-4-6-11(7-5-10)16-17-12-8-14(19-2)15(20-3)9-13(12)18-16/h8-11H,4-7H2,1-3H3,(H,17,18). The molecule has 0 aliphatic heterocycles. The van der Waals surface area contributed by atoms with Gasteiger partial charge < -0.3 is 14.5 Å². The number of nitrogens with zero attached hydrogens (tertiary/aromatic N) is 1. The van der Waals surface area contributed by atoms with Gasteiger partial charge in [0.2, 0.25) is 0 Å². The van der Waals surface area contributed by atoms with Crippen LogP contribution in [0.3, 0.4) is 0 Å². The summed E-state index contributed by atoms with van der Waals surface area (Å²) in [5.41, 5.74) is 1.98. The van der Waals surface area contributed by atoms with E-state index in [-0.39, 0.29) is 0 Å². The zero-order valence-electron chi connectivity index (χ0n) is 12.4. The SMILES string of the molecule is COc1cc2nc(C3CCC(C)CC3)[nH]c2cc1OC. The summed E-state index contributed by atoms with van der Waals surface area (Å²) in [5.74, 6) is 4.01. The van der Waals surface area contributed by atoms with E-state index in [0.717, 1.165) is 34.3 Å². The lowest BCUT2D eigenvalue weighted by atomic mass is 9.83. The van der Waals surface area contributed by atoms with Crippen LogP contribution in [0.2, 0.25) is 0 Å². The number of H-pyrrole nitrogens is 1. The van der Waals surface area contributed by atoms with E-state index in [1.54, 1.807) is 14.2 Å². The highest BCUT2D eigenvalue weighted by Gasteiger charge is 2.22. The Hall–Kier alpha value is -1.71. The van der Waals surface area contributed by atoms with Crippen LogP contribution in [0, 0.1) is 5.92 Å². The smallest absolute Gasteiger partial charge is 0.163 e. The lowest BCUT2D eigenvalue weighted by Gasteiger charge is -2.24. The summed E-state index contributed by atoms with van der Waals surface area (Å²) in [4.78, 5) is 8.21. The predicted octanol–water partition coefficient (Wildman–Crippen LogP) is 3.87. The first-order valence-corrected chi connectivity index (χ1v) is 7.33. The Bertz CT molecular complexity index is 557. The summed E-state index contributed by atoms with van der Waals surface area (Å²) in [6, 6.07) is 3.91. The van der Waals surface area contributed by atoms with Crippen LogP contribution in [-0.4, -0.2) is 24.2 Å². The van der Waals surface area contributed by atoms with Crippen LogP contribution in [0.15, 0.2) is 12.1 Å². The highest BCUT2D eigenvalue weighted by molar-refractivity contribution is 5.79. The molecule has 1 fully saturated rings. The zero-order valence-corrected chi connectivity index (χ0v) is 12.4. The van der Waals surface area contributed by atoms with Crippen molar-refractivity contribution in [3.8, 4) is 11.5 Å². The van der Waals surface area contributed by atoms with Crippen LogP contribution in [-0.2, 0) is 0 Å². The molecule has 108 valence electrons. The monoisotopic (exact) mass is 274 g/mol. The molecule has 1 aromatic heterocycles. The minimum absolute atomic E-state index is 0.565. The number of hydrogen-bond acceptors (Lipinski definition) is 3. The molecule has 1 saturated carbocycles. The molecule has 0 radical (unpaired) electrons. The average molecular weight is 274 g/mol. The third kappa shape index (κ3) is 2.35. The van der Waals surface area contributed by atoms with Gasteiger partial charge in [0, 0.05) is 18.1 Å². The van der Waals surface area contributed by atoms with Gasteiger partial charge in [-0.15, -0.1) is 0 Å². The van der Waals surface area contributed by atoms with Crippen LogP contribution < -0.4 is 9.47 Å². The molecule has 1 aromatic carbocycles. The predicted molar refractivity (Wildman–Crippen MR) is 79.6 cm³/mol. The average Bonchev–Trinajstić information content (AvgIpc) is 2.89. The molecular formula is C16H22N2O2. The second-order valence-electron chi connectivity index (χ2n) is 5.80. The number of fused-ring (bicyclic) bond motifs is 1. The van der Waals surface area contributed by atoms with Crippen molar-refractivity contribution in [3.63, 3.8) is 0 Å². The highest BCUT2D eigenvalue weighted by Crippen LogP contribution is 2.36. The van der Waals surface area contributed by atoms with E-state index in [9.17, 15) is 0 Å². The second-order valence-corrected chi connectivity index (χ2v) is 5.80. The van der Waals surface area contributed by atoms with E-state index >= 15 is 0 Å². The number of imidazole rings is 1. The first-order valence-electron chi connectivity index (χ1n) is 7.33. The maximum atomic E-state index is 5.34. The lowest BCUT2D eigenvalue weighted by molar-refractivity contribution is 0.341. The molecular weight excluding hydrogens is 252 g/mol. The summed E-state index contributed by atoms with van der Waals surface area (Å²) < 4.78 is 10.7. The molecule has 0 saturated heterocycles. The Morgan fingerprint density at radius 1 is 1.05 bits per heavy atom. The van der Waals surface area contributed by atoms with Gasteiger partial charge in [0.05, 0.1) is 25.3 Å². The van der Waals surface area contributed by atoms with Gasteiger partial charge in [-0.3, -0.25) is 0 Å². The van der Waals surface area contributed by atoms with E-state index in [2.05, 4.69) is 11.9 Å². The van der Waals surface area contributed by atoms with Crippen molar-refractivity contribution < 1.29 is 9.47 Å². The van der Waals surface area contributed by atoms with Crippen LogP contribution >= 0.6 is 0 Å². The van der Waals surface area contributed by atoms with E-state index < -0.39 is 0 Å². The maximum absolute atomic E-state index is 5.34. The van der Waals surface area contributed by atoms with E-state index in [1.165, 1.54) is 25.7 Å². The summed E-state index contributed by atoms with van der Waals surface area (Å²) in [7, 11) is 3.31. The largest absolute Gasteiger partial charge is 0.493 e. The molecule has 4 heteroatoms. The third-order valence-corrected chi connectivity index (χ3v) is 4.41. The quantitative estimate of drug-likeness (QED) is 0.924. The summed E-state index contributed by atoms with van der Waals surface area (Å²) in [5, 5.41) is 0. The summed E-state index contributed by atoms with van der Waals surface area (Å²) >= 11 is 0. The molecule has 0 unspecified atom stereocenters. The van der Waals surface area contributed by atoms with E-state index in [1.807, 2.05) is 12.1 Å². The van der Waals surface area contributed by atoms with Gasteiger partial charge in [0.25, 0.3) is 0 Å². The molecule has 20 heavy (non-hydrogen) atoms. The molecule has 1 aliphatic rings. The topological polar surface area (TPSA) is 47.1 Å². The number of benzene rings is 1. The van der Waals surface area contributed by atoms with Gasteiger partial charge in [0.1, 0.15) is 5.82 Å². The number of rotatable bonds is 3. The van der Waals surface area contributed by atoms with Crippen molar-refractivity contribution >= 4 is 11.0 Å². The third-order valence-electron chi connectivity index (χ3n) is 4.41. The summed E-state index contributed by atoms with van der Waals surface area (Å²) in [6.07, 6.45) is 5.06. The Labute approximate surface area is 119 Å². The van der Waals surface area contributed by atoms with Gasteiger partial charge in [-0.25, -0.2) is 4.98 Å². The number of hydrogen-bond donors (Lipinski definition) is 1. The number of nitrogens with one attached hydrogen (secondary N) is 1. The molecule has 3 rings (SSSR count). The Balaban J connectivity index is 1.94. The van der Waals surface area contributed by atoms with Gasteiger partial charge >= 0.3 is 0 Å². The fourth-order valence-electron chi connectivity index (χ4n) is 3.08. The lowest BCUT2D eigenvalue weighted by Crippen LogP contribution is -2.11. The molecule has 0 spiro atoms. The fourth-order valence-corrected chi connectivity index (χ4v) is 3.08. The number of methoxy groups -OCH3 is 2. The zero-order chi connectivity index (χ0) is 14.1. The van der Waals surface area contributed by atoms with E-state index in [4.69, 9.17) is 14.5 Å². The molecule has 2 aromatic rings. The van der Waals surface area contributed by atoms with Gasteiger partial charge in [-0.05, 0) is 18.8 Å². The van der Waals surface area contributed by atoms with Crippen LogP contribution in [0.5, 0.6) is 11.5 Å². The Morgan fingerprint density at radius 2 is 1.70 bits per heavy atom. The molecule has 1 aliphatic carbocycles. The summed E-state index contributed by atoms with van der Waals surface area (Å²) in [6.45, 7) is 2.34. The number of aromatic nitrogens is 2. The van der Waals surface area contributed by atoms with Crippen molar-refractivity contribution in [3.05, 3.63) is 18.0 Å². The fraction of sp³-hybridized carbons (Fsp3) is 0.562. The molecule has 0 atom stereocenters. The van der Waals surface area contributed by atoms with Gasteiger partial charge in [-0.1, -0.05) is 19.8 Å². The minimum atomic E-state index is 0.565. The van der Waals surface area contributed by atoms with Gasteiger partial charge in [-0.2, -0.15) is 0 Å². The van der Waals surface area contributed by atoms with Gasteiger partial charge in [0.15, 0.2) is 11.5 Å². The number of ether oxygens (including phenoxy) is 2. The van der Waals surface area contributed by atoms with Crippen LogP contribution in [0.1, 0.15) is 44.3 Å². The normalized spacial score (nSPS) is 22.9. The van der Waals surface area contributed by atoms with Crippen molar-refractivity contribution in [2.45, 2.75) is 38.5 Å². The maximum Gasteiger partial charge on any atom is 0.163 e. The minimum Gasteiger partial charge on any atom is -0.493 e. The van der Waals surface area contributed by atoms with Crippen molar-refractivity contribution in [2.24, 2.45) is 5.92 Å². The molecule has 1 heterocycles. The first kappa shape index (κ1) is 13.3. The number of aromatic amines is 1. The highest BCUT2D eigenvalue weighted by atomic mass is 16.5.